The van der Waals surface area contributed by atoms with Crippen LogP contribution in [0.1, 0.15) is 38.2 Å². The summed E-state index contributed by atoms with van der Waals surface area (Å²) < 4.78 is 5.57. The third-order valence-electron chi connectivity index (χ3n) is 2.72. The van der Waals surface area contributed by atoms with E-state index in [0.29, 0.717) is 13.0 Å². The molecule has 0 amide bonds. The molecule has 0 unspecified atom stereocenters. The molecule has 3 N–H and O–H groups in total. The number of hydrogen-bond donors (Lipinski definition) is 2. The molecule has 0 atom stereocenters. The fourth-order valence-corrected chi connectivity index (χ4v) is 1.63. The molecule has 0 saturated heterocycles. The Balaban J connectivity index is 2.26. The van der Waals surface area contributed by atoms with Crippen LogP contribution in [-0.4, -0.2) is 17.6 Å². The largest absolute Gasteiger partial charge is 0.494 e. The van der Waals surface area contributed by atoms with Gasteiger partial charge in [-0.25, -0.2) is 0 Å². The number of oxime groups is 1. The van der Waals surface area contributed by atoms with Crippen molar-refractivity contribution in [3.63, 3.8) is 0 Å². The van der Waals surface area contributed by atoms with Gasteiger partial charge in [-0.3, -0.25) is 0 Å². The van der Waals surface area contributed by atoms with Gasteiger partial charge in [0.2, 0.25) is 0 Å². The summed E-state index contributed by atoms with van der Waals surface area (Å²) in [5.41, 5.74) is 6.71. The minimum absolute atomic E-state index is 0.244. The van der Waals surface area contributed by atoms with Crippen molar-refractivity contribution < 1.29 is 9.94 Å². The van der Waals surface area contributed by atoms with E-state index in [1.54, 1.807) is 0 Å². The van der Waals surface area contributed by atoms with E-state index in [9.17, 15) is 0 Å². The SMILES string of the molecule is CCCCc1ccc(OCCC/C(N)=N/O)cc1. The van der Waals surface area contributed by atoms with E-state index in [1.807, 2.05) is 12.1 Å². The monoisotopic (exact) mass is 250 g/mol. The smallest absolute Gasteiger partial charge is 0.139 e. The molecular formula is C14H22N2O2. The number of benzene rings is 1. The van der Waals surface area contributed by atoms with Crippen LogP contribution < -0.4 is 10.5 Å². The van der Waals surface area contributed by atoms with E-state index in [-0.39, 0.29) is 5.84 Å². The lowest BCUT2D eigenvalue weighted by Crippen LogP contribution is -2.12. The number of amidine groups is 1. The molecule has 0 heterocycles. The molecule has 0 aliphatic rings. The predicted molar refractivity (Wildman–Crippen MR) is 73.2 cm³/mol. The van der Waals surface area contributed by atoms with Crippen LogP contribution in [0.3, 0.4) is 0 Å². The second-order valence-electron chi connectivity index (χ2n) is 4.29. The van der Waals surface area contributed by atoms with E-state index in [2.05, 4.69) is 24.2 Å². The Morgan fingerprint density at radius 2 is 2.00 bits per heavy atom. The van der Waals surface area contributed by atoms with Crippen LogP contribution in [0.15, 0.2) is 29.4 Å². The molecule has 4 heteroatoms. The highest BCUT2D eigenvalue weighted by Crippen LogP contribution is 2.14. The third-order valence-corrected chi connectivity index (χ3v) is 2.72. The number of aryl methyl sites for hydroxylation is 1. The van der Waals surface area contributed by atoms with Gasteiger partial charge in [-0.05, 0) is 37.0 Å². The molecule has 0 saturated carbocycles. The highest BCUT2D eigenvalue weighted by atomic mass is 16.5. The summed E-state index contributed by atoms with van der Waals surface area (Å²) >= 11 is 0. The quantitative estimate of drug-likeness (QED) is 0.245. The fourth-order valence-electron chi connectivity index (χ4n) is 1.63. The van der Waals surface area contributed by atoms with E-state index in [4.69, 9.17) is 15.7 Å². The Kier molecular flexibility index (Phi) is 6.69. The van der Waals surface area contributed by atoms with Crippen LogP contribution in [0.4, 0.5) is 0 Å². The molecule has 0 spiro atoms. The highest BCUT2D eigenvalue weighted by molar-refractivity contribution is 5.79. The molecule has 0 aromatic heterocycles. The van der Waals surface area contributed by atoms with Crippen LogP contribution in [0.2, 0.25) is 0 Å². The first-order valence-electron chi connectivity index (χ1n) is 6.44. The van der Waals surface area contributed by atoms with Gasteiger partial charge in [-0.1, -0.05) is 30.6 Å². The third kappa shape index (κ3) is 5.57. The van der Waals surface area contributed by atoms with E-state index in [0.717, 1.165) is 18.6 Å². The zero-order chi connectivity index (χ0) is 13.2. The average Bonchev–Trinajstić information content (AvgIpc) is 2.42. The molecule has 1 aromatic rings. The molecule has 4 nitrogen and oxygen atoms in total. The van der Waals surface area contributed by atoms with Gasteiger partial charge in [0.15, 0.2) is 0 Å². The first kappa shape index (κ1) is 14.4. The average molecular weight is 250 g/mol. The molecular weight excluding hydrogens is 228 g/mol. The number of unbranched alkanes of at least 4 members (excludes halogenated alkanes) is 1. The first-order chi connectivity index (χ1) is 8.76. The summed E-state index contributed by atoms with van der Waals surface area (Å²) in [7, 11) is 0. The normalized spacial score (nSPS) is 11.5. The fraction of sp³-hybridized carbons (Fsp3) is 0.500. The van der Waals surface area contributed by atoms with Gasteiger partial charge in [0.1, 0.15) is 11.6 Å². The maximum absolute atomic E-state index is 8.37. The molecule has 0 aliphatic carbocycles. The zero-order valence-corrected chi connectivity index (χ0v) is 10.9. The van der Waals surface area contributed by atoms with Crippen molar-refractivity contribution in [1.29, 1.82) is 0 Å². The summed E-state index contributed by atoms with van der Waals surface area (Å²) in [6.45, 7) is 2.77. The van der Waals surface area contributed by atoms with Gasteiger partial charge in [0, 0.05) is 6.42 Å². The van der Waals surface area contributed by atoms with Crippen molar-refractivity contribution in [2.75, 3.05) is 6.61 Å². The van der Waals surface area contributed by atoms with Gasteiger partial charge in [-0.15, -0.1) is 0 Å². The molecule has 18 heavy (non-hydrogen) atoms. The van der Waals surface area contributed by atoms with E-state index >= 15 is 0 Å². The summed E-state index contributed by atoms with van der Waals surface area (Å²) in [6, 6.07) is 8.20. The van der Waals surface area contributed by atoms with Crippen LogP contribution in [0.5, 0.6) is 5.75 Å². The number of nitrogens with two attached hydrogens (primary N) is 1. The Morgan fingerprint density at radius 1 is 1.28 bits per heavy atom. The predicted octanol–water partition coefficient (Wildman–Crippen LogP) is 2.93. The van der Waals surface area contributed by atoms with Gasteiger partial charge >= 0.3 is 0 Å². The van der Waals surface area contributed by atoms with Crippen molar-refractivity contribution >= 4 is 5.84 Å². The van der Waals surface area contributed by atoms with Gasteiger partial charge < -0.3 is 15.7 Å². The van der Waals surface area contributed by atoms with E-state index in [1.165, 1.54) is 18.4 Å². The van der Waals surface area contributed by atoms with Crippen LogP contribution in [0.25, 0.3) is 0 Å². The number of rotatable bonds is 8. The van der Waals surface area contributed by atoms with Crippen LogP contribution in [0, 0.1) is 0 Å². The summed E-state index contributed by atoms with van der Waals surface area (Å²) in [5.74, 6) is 1.11. The molecule has 0 radical (unpaired) electrons. The first-order valence-corrected chi connectivity index (χ1v) is 6.44. The Hall–Kier alpha value is -1.71. The van der Waals surface area contributed by atoms with Crippen molar-refractivity contribution in [1.82, 2.24) is 0 Å². The minimum atomic E-state index is 0.244. The Bertz CT molecular complexity index is 361. The van der Waals surface area contributed by atoms with Crippen LogP contribution >= 0.6 is 0 Å². The lowest BCUT2D eigenvalue weighted by Gasteiger charge is -2.06. The molecule has 0 bridgehead atoms. The van der Waals surface area contributed by atoms with Crippen molar-refractivity contribution in [3.8, 4) is 5.75 Å². The van der Waals surface area contributed by atoms with Crippen molar-refractivity contribution in [2.24, 2.45) is 10.9 Å². The van der Waals surface area contributed by atoms with E-state index < -0.39 is 0 Å². The van der Waals surface area contributed by atoms with Gasteiger partial charge in [-0.2, -0.15) is 0 Å². The summed E-state index contributed by atoms with van der Waals surface area (Å²) in [6.07, 6.45) is 4.85. The molecule has 0 fully saturated rings. The molecule has 0 aliphatic heterocycles. The lowest BCUT2D eigenvalue weighted by molar-refractivity contribution is 0.305. The number of ether oxygens (including phenoxy) is 1. The van der Waals surface area contributed by atoms with Crippen LogP contribution in [-0.2, 0) is 6.42 Å². The summed E-state index contributed by atoms with van der Waals surface area (Å²) in [5, 5.41) is 11.3. The van der Waals surface area contributed by atoms with Gasteiger partial charge in [0.25, 0.3) is 0 Å². The number of nitrogens with zero attached hydrogens (tertiary/aromatic N) is 1. The second kappa shape index (κ2) is 8.39. The number of hydrogen-bond acceptors (Lipinski definition) is 3. The zero-order valence-electron chi connectivity index (χ0n) is 10.9. The lowest BCUT2D eigenvalue weighted by atomic mass is 10.1. The minimum Gasteiger partial charge on any atom is -0.494 e. The molecule has 1 aromatic carbocycles. The Morgan fingerprint density at radius 3 is 2.61 bits per heavy atom. The van der Waals surface area contributed by atoms with Crippen molar-refractivity contribution in [2.45, 2.75) is 39.0 Å². The molecule has 100 valence electrons. The molecule has 1 rings (SSSR count). The summed E-state index contributed by atoms with van der Waals surface area (Å²) in [4.78, 5) is 0. The maximum Gasteiger partial charge on any atom is 0.139 e. The standard InChI is InChI=1S/C14H22N2O2/c1-2-3-5-12-7-9-13(10-8-12)18-11-4-6-14(15)16-17/h7-10,17H,2-6,11H2,1H3,(H2,15,16). The topological polar surface area (TPSA) is 67.8 Å². The second-order valence-corrected chi connectivity index (χ2v) is 4.29. The Labute approximate surface area is 108 Å². The van der Waals surface area contributed by atoms with Crippen molar-refractivity contribution in [3.05, 3.63) is 29.8 Å². The maximum atomic E-state index is 8.37. The highest BCUT2D eigenvalue weighted by Gasteiger charge is 1.97. The van der Waals surface area contributed by atoms with Gasteiger partial charge in [0.05, 0.1) is 6.61 Å².